The number of aryl methyl sites for hydroxylation is 24. The van der Waals surface area contributed by atoms with Crippen molar-refractivity contribution in [2.24, 2.45) is 42.3 Å². The molecule has 0 atom stereocenters. The second-order valence-corrected chi connectivity index (χ2v) is 31.9. The van der Waals surface area contributed by atoms with Crippen LogP contribution in [0.2, 0.25) is 0 Å². The molecule has 0 amide bonds. The predicted octanol–water partition coefficient (Wildman–Crippen LogP) is 20.1. The van der Waals surface area contributed by atoms with Crippen LogP contribution in [0.3, 0.4) is 0 Å². The van der Waals surface area contributed by atoms with Crippen molar-refractivity contribution < 1.29 is 27.4 Å². The van der Waals surface area contributed by atoms with Gasteiger partial charge in [-0.15, -0.1) is 0 Å². The Morgan fingerprint density at radius 3 is 0.930 bits per heavy atom. The van der Waals surface area contributed by atoms with Crippen molar-refractivity contribution in [1.82, 2.24) is 26.4 Å². The van der Waals surface area contributed by atoms with E-state index in [1.165, 1.54) is 201 Å². The van der Waals surface area contributed by atoms with E-state index < -0.39 is 0 Å². The highest BCUT2D eigenvalue weighted by Gasteiger charge is 2.25. The summed E-state index contributed by atoms with van der Waals surface area (Å²) in [6.07, 6.45) is 38.6. The molecule has 18 aromatic rings. The third-order valence-electron chi connectivity index (χ3n) is 22.9. The van der Waals surface area contributed by atoms with Gasteiger partial charge in [-0.25, -0.2) is 27.4 Å². The summed E-state index contributed by atoms with van der Waals surface area (Å²) in [7, 11) is 12.7. The SMILES string of the molecule is Cc1cc(-c2c(C)ccn3ccc(C)c23)[n+](C)cc1C.Cc1cc[n+](C)c(-c2c(C)ccn3ccc(C)c23)c1.Cc1cc[n+](C)c(-c2c(C)cn3cccc(C)c23)c1.Cc1cc[n+](C)c(-c2c(C)cn3cccc3c2C)c1.Cc1cc[n+](C)c(-c2c(C)cn3cccc3c2C)c1.Cc1cc[n+](C)c(-c2cccn3ccc(C)c23)c1. The van der Waals surface area contributed by atoms with Crippen LogP contribution in [0, 0.1) is 125 Å². The minimum Gasteiger partial charge on any atom is -0.323 e. The molecule has 0 aromatic carbocycles. The molecule has 0 unspecified atom stereocenters. The molecule has 0 aliphatic carbocycles. The smallest absolute Gasteiger partial charge is 0.214 e. The Labute approximate surface area is 674 Å². The lowest BCUT2D eigenvalue weighted by molar-refractivity contribution is -0.660. The van der Waals surface area contributed by atoms with Crippen molar-refractivity contribution >= 4 is 33.1 Å². The molecule has 0 fully saturated rings. The van der Waals surface area contributed by atoms with E-state index in [0.717, 1.165) is 0 Å². The van der Waals surface area contributed by atoms with Crippen LogP contribution in [0.25, 0.3) is 101 Å². The van der Waals surface area contributed by atoms with Crippen molar-refractivity contribution in [3.8, 4) is 67.5 Å². The van der Waals surface area contributed by atoms with E-state index in [-0.39, 0.29) is 0 Å². The Morgan fingerprint density at radius 2 is 0.500 bits per heavy atom. The van der Waals surface area contributed by atoms with Crippen LogP contribution in [-0.4, -0.2) is 26.4 Å². The number of fused-ring (bicyclic) bond motifs is 6. The van der Waals surface area contributed by atoms with Crippen LogP contribution in [0.4, 0.5) is 0 Å². The summed E-state index contributed by atoms with van der Waals surface area (Å²) >= 11 is 0. The van der Waals surface area contributed by atoms with Gasteiger partial charge in [-0.3, -0.25) is 0 Å². The van der Waals surface area contributed by atoms with Crippen molar-refractivity contribution in [2.45, 2.75) is 125 Å². The van der Waals surface area contributed by atoms with Crippen LogP contribution in [0.5, 0.6) is 0 Å². The molecular formula is C102H114N12+6. The Kier molecular flexibility index (Phi) is 23.0. The van der Waals surface area contributed by atoms with Gasteiger partial charge in [0.15, 0.2) is 37.2 Å². The van der Waals surface area contributed by atoms with Crippen LogP contribution < -0.4 is 27.4 Å². The zero-order chi connectivity index (χ0) is 81.4. The Bertz CT molecular complexity index is 6530. The van der Waals surface area contributed by atoms with E-state index in [9.17, 15) is 0 Å². The van der Waals surface area contributed by atoms with Gasteiger partial charge in [0, 0.05) is 158 Å². The van der Waals surface area contributed by atoms with Crippen molar-refractivity contribution in [2.75, 3.05) is 0 Å². The molecule has 0 radical (unpaired) electrons. The minimum absolute atomic E-state index is 1.25. The number of rotatable bonds is 6. The predicted molar refractivity (Wildman–Crippen MR) is 469 cm³/mol. The first-order chi connectivity index (χ1) is 54.5. The second-order valence-electron chi connectivity index (χ2n) is 31.9. The lowest BCUT2D eigenvalue weighted by atomic mass is 9.99. The zero-order valence-electron chi connectivity index (χ0n) is 71.6. The standard InChI is InChI=1S/C18H21N2.4C17H19N2.C16H17N2/c1-12-6-8-20-9-7-13(2)18(20)17(12)16-10-14(3)15(4)11-19(16)5;1-12-5-8-18(4)15(11-12)16-13(2)6-9-19-10-7-14(3)17(16)19;2*1-12-7-9-18(4)16(10-12)17-13(2)11-19-8-5-6-15(19)14(17)3;1-12-7-9-18(4)15(10-12)16-14(3)11-19-8-5-6-13(2)17(16)19;1-12-6-9-17(3)15(11-12)14-5-4-8-18-10-7-13(2)16(14)18/h6-11H,1-5H3;4*5-11H,1-4H3;4-11H,1-3H3/q6*+1. The molecule has 0 aliphatic heterocycles. The third-order valence-corrected chi connectivity index (χ3v) is 22.9. The van der Waals surface area contributed by atoms with Crippen LogP contribution in [0.1, 0.15) is 100 Å². The third kappa shape index (κ3) is 16.0. The summed E-state index contributed by atoms with van der Waals surface area (Å²) in [6, 6.07) is 52.3. The summed E-state index contributed by atoms with van der Waals surface area (Å²) in [4.78, 5) is 0. The molecule has 0 saturated heterocycles. The van der Waals surface area contributed by atoms with Crippen molar-refractivity contribution in [3.63, 3.8) is 0 Å². The Balaban J connectivity index is 0.000000119. The number of nitrogens with zero attached hydrogens (tertiary/aromatic N) is 12. The highest BCUT2D eigenvalue weighted by Crippen LogP contribution is 2.35. The molecule has 114 heavy (non-hydrogen) atoms. The molecule has 0 N–H and O–H groups in total. The largest absolute Gasteiger partial charge is 0.323 e. The van der Waals surface area contributed by atoms with E-state index in [4.69, 9.17) is 0 Å². The summed E-state index contributed by atoms with van der Waals surface area (Å²) in [6.45, 7) is 39.1. The highest BCUT2D eigenvalue weighted by atomic mass is 15.0. The number of aromatic nitrogens is 12. The van der Waals surface area contributed by atoms with Gasteiger partial charge in [-0.2, -0.15) is 0 Å². The van der Waals surface area contributed by atoms with Crippen LogP contribution >= 0.6 is 0 Å². The number of hydrogen-bond acceptors (Lipinski definition) is 0. The quantitative estimate of drug-likeness (QED) is 0.149. The molecule has 0 saturated carbocycles. The average Bonchev–Trinajstić information content (AvgIpc) is 1.59. The monoisotopic (exact) mass is 1510 g/mol. The zero-order valence-corrected chi connectivity index (χ0v) is 71.6. The van der Waals surface area contributed by atoms with Gasteiger partial charge in [0.1, 0.15) is 42.3 Å². The lowest BCUT2D eigenvalue weighted by Crippen LogP contribution is -2.31. The van der Waals surface area contributed by atoms with Gasteiger partial charge < -0.3 is 26.4 Å². The number of hydrogen-bond donors (Lipinski definition) is 0. The maximum absolute atomic E-state index is 2.30. The molecular weight excluding hydrogens is 1390 g/mol. The van der Waals surface area contributed by atoms with Crippen molar-refractivity contribution in [3.05, 3.63) is 357 Å². The van der Waals surface area contributed by atoms with Gasteiger partial charge in [-0.1, -0.05) is 6.07 Å². The normalized spacial score (nSPS) is 11.2. The van der Waals surface area contributed by atoms with Crippen LogP contribution in [-0.2, 0) is 42.3 Å². The summed E-state index contributed by atoms with van der Waals surface area (Å²) in [5.74, 6) is 0. The molecule has 18 heterocycles. The van der Waals surface area contributed by atoms with E-state index in [0.29, 0.717) is 0 Å². The molecule has 0 aliphatic rings. The van der Waals surface area contributed by atoms with Crippen LogP contribution in [0.15, 0.2) is 257 Å². The fraction of sp³-hybridized carbons (Fsp3) is 0.235. The molecule has 576 valence electrons. The minimum atomic E-state index is 1.25. The van der Waals surface area contributed by atoms with Gasteiger partial charge in [0.2, 0.25) is 34.2 Å². The van der Waals surface area contributed by atoms with Gasteiger partial charge >= 0.3 is 0 Å². The molecule has 18 aromatic heterocycles. The topological polar surface area (TPSA) is 49.7 Å². The van der Waals surface area contributed by atoms with Gasteiger partial charge in [-0.05, 0) is 292 Å². The molecule has 0 bridgehead atoms. The van der Waals surface area contributed by atoms with Gasteiger partial charge in [0.25, 0.3) is 0 Å². The van der Waals surface area contributed by atoms with E-state index in [1.54, 1.807) is 0 Å². The van der Waals surface area contributed by atoms with E-state index in [2.05, 4.69) is 478 Å². The second kappa shape index (κ2) is 33.0. The lowest BCUT2D eigenvalue weighted by Gasteiger charge is -2.11. The summed E-state index contributed by atoms with van der Waals surface area (Å²) in [5, 5.41) is 0. The Morgan fingerprint density at radius 1 is 0.211 bits per heavy atom. The maximum atomic E-state index is 2.30. The summed E-state index contributed by atoms with van der Waals surface area (Å²) in [5.41, 5.74) is 47.0. The molecule has 12 heteroatoms. The molecule has 18 rings (SSSR count). The first kappa shape index (κ1) is 79.5. The first-order valence-electron chi connectivity index (χ1n) is 39.7. The van der Waals surface area contributed by atoms with E-state index >= 15 is 0 Å². The summed E-state index contributed by atoms with van der Waals surface area (Å²) < 4.78 is 26.4. The van der Waals surface area contributed by atoms with E-state index in [1.807, 2.05) is 0 Å². The fourth-order valence-electron chi connectivity index (χ4n) is 16.6. The highest BCUT2D eigenvalue weighted by molar-refractivity contribution is 5.86. The van der Waals surface area contributed by atoms with Gasteiger partial charge in [0.05, 0.1) is 55.4 Å². The Hall–Kier alpha value is -12.5. The fourth-order valence-corrected chi connectivity index (χ4v) is 16.6. The first-order valence-corrected chi connectivity index (χ1v) is 39.7. The van der Waals surface area contributed by atoms with Crippen molar-refractivity contribution in [1.29, 1.82) is 0 Å². The number of pyridine rings is 12. The molecule has 12 nitrogen and oxygen atoms in total. The maximum Gasteiger partial charge on any atom is 0.214 e. The molecule has 0 spiro atoms. The average molecular weight is 1510 g/mol.